The molecule has 2 heterocycles. The lowest BCUT2D eigenvalue weighted by Crippen LogP contribution is -2.27. The van der Waals surface area contributed by atoms with Crippen LogP contribution in [0.2, 0.25) is 0 Å². The number of hydrogen-bond acceptors (Lipinski definition) is 6. The second kappa shape index (κ2) is 7.18. The predicted molar refractivity (Wildman–Crippen MR) is 83.4 cm³/mol. The summed E-state index contributed by atoms with van der Waals surface area (Å²) in [7, 11) is 0. The molecule has 0 radical (unpaired) electrons. The number of nitrogens with one attached hydrogen (secondary N) is 2. The number of rotatable bonds is 6. The minimum absolute atomic E-state index is 0.154. The van der Waals surface area contributed by atoms with Gasteiger partial charge in [0.2, 0.25) is 5.91 Å². The van der Waals surface area contributed by atoms with Gasteiger partial charge in [-0.15, -0.1) is 5.10 Å². The molecule has 0 saturated carbocycles. The van der Waals surface area contributed by atoms with Gasteiger partial charge in [0, 0.05) is 18.7 Å². The van der Waals surface area contributed by atoms with Crippen molar-refractivity contribution in [2.45, 2.75) is 6.42 Å². The Labute approximate surface area is 136 Å². The maximum absolute atomic E-state index is 11.9. The first kappa shape index (κ1) is 15.4. The smallest absolute Gasteiger partial charge is 0.286 e. The lowest BCUT2D eigenvalue weighted by Gasteiger charge is -2.07. The third-order valence-electron chi connectivity index (χ3n) is 3.15. The van der Waals surface area contributed by atoms with Crippen molar-refractivity contribution < 1.29 is 14.0 Å². The van der Waals surface area contributed by atoms with Crippen LogP contribution >= 0.6 is 0 Å². The van der Waals surface area contributed by atoms with Crippen molar-refractivity contribution in [3.63, 3.8) is 0 Å². The number of aromatic nitrogens is 4. The van der Waals surface area contributed by atoms with E-state index >= 15 is 0 Å². The predicted octanol–water partition coefficient (Wildman–Crippen LogP) is 1.01. The Morgan fingerprint density at radius 3 is 2.67 bits per heavy atom. The molecule has 0 bridgehead atoms. The number of amides is 2. The maximum Gasteiger partial charge on any atom is 0.286 e. The van der Waals surface area contributed by atoms with Crippen LogP contribution in [0.25, 0.3) is 5.69 Å². The van der Waals surface area contributed by atoms with Gasteiger partial charge in [-0.25, -0.2) is 4.68 Å². The van der Waals surface area contributed by atoms with E-state index in [2.05, 4.69) is 26.2 Å². The number of nitrogens with zero attached hydrogens (tertiary/aromatic N) is 4. The zero-order valence-corrected chi connectivity index (χ0v) is 12.5. The summed E-state index contributed by atoms with van der Waals surface area (Å²) < 4.78 is 6.47. The van der Waals surface area contributed by atoms with Crippen LogP contribution in [0.15, 0.2) is 53.4 Å². The van der Waals surface area contributed by atoms with E-state index in [1.807, 2.05) is 0 Å². The normalized spacial score (nSPS) is 10.3. The van der Waals surface area contributed by atoms with Gasteiger partial charge in [0.15, 0.2) is 5.76 Å². The number of anilines is 1. The van der Waals surface area contributed by atoms with E-state index in [0.717, 1.165) is 5.69 Å². The Balaban J connectivity index is 1.46. The van der Waals surface area contributed by atoms with Gasteiger partial charge in [-0.3, -0.25) is 9.59 Å². The highest BCUT2D eigenvalue weighted by molar-refractivity contribution is 5.93. The van der Waals surface area contributed by atoms with Crippen LogP contribution in [-0.4, -0.2) is 38.6 Å². The first-order valence-corrected chi connectivity index (χ1v) is 7.17. The lowest BCUT2D eigenvalue weighted by molar-refractivity contribution is -0.116. The summed E-state index contributed by atoms with van der Waals surface area (Å²) in [5, 5.41) is 16.2. The van der Waals surface area contributed by atoms with Crippen molar-refractivity contribution >= 4 is 17.5 Å². The third-order valence-corrected chi connectivity index (χ3v) is 3.15. The average Bonchev–Trinajstić information content (AvgIpc) is 3.29. The van der Waals surface area contributed by atoms with E-state index in [-0.39, 0.29) is 30.5 Å². The maximum atomic E-state index is 11.9. The van der Waals surface area contributed by atoms with Crippen LogP contribution in [0.5, 0.6) is 0 Å². The van der Waals surface area contributed by atoms with Crippen LogP contribution < -0.4 is 10.6 Å². The summed E-state index contributed by atoms with van der Waals surface area (Å²) in [5.74, 6) is -0.336. The van der Waals surface area contributed by atoms with Gasteiger partial charge in [0.1, 0.15) is 6.33 Å². The molecule has 1 aromatic carbocycles. The van der Waals surface area contributed by atoms with Gasteiger partial charge < -0.3 is 15.1 Å². The molecule has 2 amide bonds. The lowest BCUT2D eigenvalue weighted by atomic mass is 10.2. The minimum Gasteiger partial charge on any atom is -0.459 e. The molecule has 24 heavy (non-hydrogen) atoms. The fourth-order valence-corrected chi connectivity index (χ4v) is 1.99. The molecule has 0 aliphatic carbocycles. The Kier molecular flexibility index (Phi) is 4.61. The molecule has 2 N–H and O–H groups in total. The number of hydrogen-bond donors (Lipinski definition) is 2. The quantitative estimate of drug-likeness (QED) is 0.698. The van der Waals surface area contributed by atoms with Crippen LogP contribution in [0.1, 0.15) is 17.0 Å². The third kappa shape index (κ3) is 3.83. The van der Waals surface area contributed by atoms with E-state index in [4.69, 9.17) is 4.42 Å². The zero-order chi connectivity index (χ0) is 16.8. The Hall–Kier alpha value is -3.49. The summed E-state index contributed by atoms with van der Waals surface area (Å²) in [5.41, 5.74) is 1.43. The molecule has 0 fully saturated rings. The van der Waals surface area contributed by atoms with E-state index in [0.29, 0.717) is 5.69 Å². The summed E-state index contributed by atoms with van der Waals surface area (Å²) in [4.78, 5) is 23.5. The van der Waals surface area contributed by atoms with Gasteiger partial charge >= 0.3 is 0 Å². The van der Waals surface area contributed by atoms with Crippen LogP contribution in [0.4, 0.5) is 5.69 Å². The minimum atomic E-state index is -0.349. The summed E-state index contributed by atoms with van der Waals surface area (Å²) in [6, 6.07) is 10.2. The topological polar surface area (TPSA) is 115 Å². The number of carbonyl (C=O) groups excluding carboxylic acids is 2. The highest BCUT2D eigenvalue weighted by Gasteiger charge is 2.09. The molecule has 3 aromatic rings. The Morgan fingerprint density at radius 2 is 2.00 bits per heavy atom. The van der Waals surface area contributed by atoms with Crippen molar-refractivity contribution in [2.75, 3.05) is 11.9 Å². The molecular formula is C15H14N6O3. The average molecular weight is 326 g/mol. The van der Waals surface area contributed by atoms with Gasteiger partial charge in [-0.2, -0.15) is 0 Å². The van der Waals surface area contributed by atoms with Gasteiger partial charge in [0.05, 0.1) is 12.0 Å². The van der Waals surface area contributed by atoms with Gasteiger partial charge in [0.25, 0.3) is 5.91 Å². The highest BCUT2D eigenvalue weighted by Crippen LogP contribution is 2.12. The van der Waals surface area contributed by atoms with Crippen molar-refractivity contribution in [3.8, 4) is 5.69 Å². The fraction of sp³-hybridized carbons (Fsp3) is 0.133. The summed E-state index contributed by atoms with van der Waals surface area (Å²) in [6.45, 7) is 0.216. The van der Waals surface area contributed by atoms with Crippen LogP contribution in [0, 0.1) is 0 Å². The molecule has 122 valence electrons. The monoisotopic (exact) mass is 326 g/mol. The largest absolute Gasteiger partial charge is 0.459 e. The molecule has 0 unspecified atom stereocenters. The van der Waals surface area contributed by atoms with Crippen LogP contribution in [0.3, 0.4) is 0 Å². The molecule has 0 spiro atoms. The number of tetrazole rings is 1. The van der Waals surface area contributed by atoms with Crippen molar-refractivity contribution in [1.82, 2.24) is 25.5 Å². The number of benzene rings is 1. The first-order chi connectivity index (χ1) is 11.7. The van der Waals surface area contributed by atoms with Crippen LogP contribution in [-0.2, 0) is 4.79 Å². The Bertz CT molecular complexity index is 796. The van der Waals surface area contributed by atoms with E-state index in [1.54, 1.807) is 36.4 Å². The molecule has 9 nitrogen and oxygen atoms in total. The molecule has 0 aliphatic rings. The first-order valence-electron chi connectivity index (χ1n) is 7.17. The molecule has 9 heteroatoms. The second-order valence-corrected chi connectivity index (χ2v) is 4.83. The molecule has 0 atom stereocenters. The van der Waals surface area contributed by atoms with Gasteiger partial charge in [-0.05, 0) is 46.8 Å². The summed E-state index contributed by atoms with van der Waals surface area (Å²) >= 11 is 0. The van der Waals surface area contributed by atoms with E-state index in [1.165, 1.54) is 17.3 Å². The van der Waals surface area contributed by atoms with Crippen molar-refractivity contribution in [3.05, 3.63) is 54.7 Å². The highest BCUT2D eigenvalue weighted by atomic mass is 16.3. The molecule has 3 rings (SSSR count). The van der Waals surface area contributed by atoms with E-state index in [9.17, 15) is 9.59 Å². The van der Waals surface area contributed by atoms with Gasteiger partial charge in [-0.1, -0.05) is 0 Å². The zero-order valence-electron chi connectivity index (χ0n) is 12.5. The van der Waals surface area contributed by atoms with Crippen molar-refractivity contribution in [1.29, 1.82) is 0 Å². The van der Waals surface area contributed by atoms with E-state index < -0.39 is 0 Å². The fourth-order valence-electron chi connectivity index (χ4n) is 1.99. The Morgan fingerprint density at radius 1 is 1.17 bits per heavy atom. The molecule has 0 aliphatic heterocycles. The number of furan rings is 1. The van der Waals surface area contributed by atoms with Crippen molar-refractivity contribution in [2.24, 2.45) is 0 Å². The molecular weight excluding hydrogens is 312 g/mol. The molecule has 0 saturated heterocycles. The second-order valence-electron chi connectivity index (χ2n) is 4.83. The molecule has 2 aromatic heterocycles. The summed E-state index contributed by atoms with van der Waals surface area (Å²) in [6.07, 6.45) is 3.05. The number of carbonyl (C=O) groups is 2. The standard InChI is InChI=1S/C15H14N6O3/c22-14(7-8-16-15(23)13-2-1-9-24-13)18-11-3-5-12(6-4-11)21-10-17-19-20-21/h1-6,9-10H,7-8H2,(H,16,23)(H,18,22). The SMILES string of the molecule is O=C(CCNC(=O)c1ccco1)Nc1ccc(-n2cnnn2)cc1.